The molecule has 24 heteroatoms. The second-order valence-electron chi connectivity index (χ2n) is 23.6. The minimum atomic E-state index is 0.0431. The first-order valence-corrected chi connectivity index (χ1v) is 32.1. The summed E-state index contributed by atoms with van der Waals surface area (Å²) in [6, 6.07) is 0. The first-order chi connectivity index (χ1) is 40.9. The summed E-state index contributed by atoms with van der Waals surface area (Å²) in [4.78, 5) is 103. The molecular formula is C64H136N16O8. The van der Waals surface area contributed by atoms with Crippen molar-refractivity contribution in [1.29, 1.82) is 0 Å². The molecular weight excluding hydrogens is 1120 g/mol. The van der Waals surface area contributed by atoms with Gasteiger partial charge in [0, 0.05) is 125 Å². The maximum atomic E-state index is 11.2. The summed E-state index contributed by atoms with van der Waals surface area (Å²) < 4.78 is 0. The molecule has 0 heterocycles. The van der Waals surface area contributed by atoms with Crippen LogP contribution in [0.5, 0.6) is 0 Å². The normalized spacial score (nSPS) is 10.1. The van der Waals surface area contributed by atoms with Crippen LogP contribution < -0.4 is 68.8 Å². The van der Waals surface area contributed by atoms with Crippen LogP contribution in [0.1, 0.15) is 239 Å². The number of guanidine groups is 4. The summed E-state index contributed by atoms with van der Waals surface area (Å²) in [7, 11) is 0. The lowest BCUT2D eigenvalue weighted by Crippen LogP contribution is -2.23. The van der Waals surface area contributed by atoms with Gasteiger partial charge in [-0.3, -0.25) is 58.3 Å². The molecule has 0 bridgehead atoms. The number of Topliss-reactive ketones (excluding diaryl/α,β-unsaturated/α-hetero) is 8. The number of carbonyl (C=O) groups excluding carboxylic acids is 8. The van der Waals surface area contributed by atoms with Crippen molar-refractivity contribution in [3.63, 3.8) is 0 Å². The summed E-state index contributed by atoms with van der Waals surface area (Å²) in [5.74, 6) is 4.02. The Morgan fingerprint density at radius 2 is 0.409 bits per heavy atom. The molecule has 520 valence electrons. The molecule has 0 aliphatic rings. The van der Waals surface area contributed by atoms with Gasteiger partial charge in [-0.25, -0.2) is 0 Å². The summed E-state index contributed by atoms with van der Waals surface area (Å²) in [5.41, 5.74) is 62.0. The van der Waals surface area contributed by atoms with E-state index in [1.807, 2.05) is 111 Å². The number of hydrogen-bond donors (Lipinski definition) is 12. The molecule has 0 fully saturated rings. The molecule has 0 aromatic heterocycles. The fourth-order valence-corrected chi connectivity index (χ4v) is 5.96. The van der Waals surface area contributed by atoms with E-state index in [-0.39, 0.29) is 88.5 Å². The van der Waals surface area contributed by atoms with E-state index in [0.717, 1.165) is 90.0 Å². The molecule has 0 aliphatic heterocycles. The topological polar surface area (TPSA) is 498 Å². The summed E-state index contributed by atoms with van der Waals surface area (Å²) in [6.07, 6.45) is 16.2. The Morgan fingerprint density at radius 3 is 0.670 bits per heavy atom. The van der Waals surface area contributed by atoms with Crippen LogP contribution >= 0.6 is 0 Å². The third kappa shape index (κ3) is 91.5. The van der Waals surface area contributed by atoms with Crippen molar-refractivity contribution in [2.75, 3.05) is 52.4 Å². The Kier molecular flexibility index (Phi) is 78.8. The number of rotatable bonds is 40. The van der Waals surface area contributed by atoms with Crippen LogP contribution in [0.4, 0.5) is 0 Å². The van der Waals surface area contributed by atoms with Gasteiger partial charge in [0.1, 0.15) is 46.3 Å². The van der Waals surface area contributed by atoms with E-state index in [9.17, 15) is 38.4 Å². The molecule has 0 aromatic rings. The Morgan fingerprint density at radius 1 is 0.216 bits per heavy atom. The number of unbranched alkanes of at least 4 members (excludes halogenated alkanes) is 6. The molecule has 0 aromatic carbocycles. The van der Waals surface area contributed by atoms with Crippen LogP contribution in [0.2, 0.25) is 0 Å². The largest absolute Gasteiger partial charge is 0.370 e. The van der Waals surface area contributed by atoms with Gasteiger partial charge in [-0.1, -0.05) is 124 Å². The highest BCUT2D eigenvalue weighted by Gasteiger charge is 2.10. The van der Waals surface area contributed by atoms with Gasteiger partial charge in [0.05, 0.1) is 0 Å². The highest BCUT2D eigenvalue weighted by molar-refractivity contribution is 5.83. The lowest BCUT2D eigenvalue weighted by atomic mass is 10.0. The molecule has 0 saturated carbocycles. The van der Waals surface area contributed by atoms with Crippen molar-refractivity contribution in [2.24, 2.45) is 136 Å². The van der Waals surface area contributed by atoms with Crippen LogP contribution in [-0.4, -0.2) is 122 Å². The van der Waals surface area contributed by atoms with Crippen molar-refractivity contribution in [3.05, 3.63) is 0 Å². The predicted molar refractivity (Wildman–Crippen MR) is 370 cm³/mol. The molecule has 0 aliphatic carbocycles. The first kappa shape index (κ1) is 98.5. The summed E-state index contributed by atoms with van der Waals surface area (Å²) in [5, 5.41) is 0. The zero-order valence-electron chi connectivity index (χ0n) is 58.4. The SMILES string of the molecule is CC(C)C(=O)CCCCCN.CC(C)C(=O)CCCCCN=C(N)N.CC(C)C(=O)CCCCN.CC(C)C(=O)CCCCN=C(N)N.CC(C)C(=O)CCCN.CC(C)C(=O)CCCN=C(N)N.CC(C)C(=O)CCN.CC(C)C(=O)CCN=C(N)N. The molecule has 88 heavy (non-hydrogen) atoms. The minimum Gasteiger partial charge on any atom is -0.370 e. The Bertz CT molecular complexity index is 1870. The standard InChI is InChI=1S/C10H21N3O.C9H19N3O.C9H19NO.C8H17N3O.C8H17NO.C7H15N3O.C7H15NO.C6H13NO/c1-8(2)9(14)6-4-3-5-7-13-10(11)12;1-7(2)8(13)5-3-4-6-12-9(10)11;1-8(2)9(11)6-4-3-5-7-10;1-6(2)7(12)4-3-5-11-8(9)10;1-7(2)8(10)5-3-4-6-9;1-5(2)6(11)3-4-10-7(8)9;1-6(2)7(9)4-3-5-8;1-5(2)6(8)3-4-7/h8H,3-7H2,1-2H3,(H4,11,12,13);7H,3-6H2,1-2H3,(H4,10,11,12);8H,3-7,10H2,1-2H3;6H,3-5H2,1-2H3,(H4,9,10,11);7H,3-6,9H2,1-2H3;5H,3-4H2,1-2H3,(H4,8,9,10);6H,3-5,8H2,1-2H3;5H,3-4,7H2,1-2H3. The molecule has 24 N–H and O–H groups in total. The fourth-order valence-electron chi connectivity index (χ4n) is 5.96. The van der Waals surface area contributed by atoms with E-state index in [1.54, 1.807) is 0 Å². The molecule has 0 radical (unpaired) electrons. The molecule has 0 saturated heterocycles. The van der Waals surface area contributed by atoms with Crippen LogP contribution in [0.25, 0.3) is 0 Å². The van der Waals surface area contributed by atoms with E-state index in [4.69, 9.17) is 68.8 Å². The second kappa shape index (κ2) is 70.4. The van der Waals surface area contributed by atoms with Gasteiger partial charge >= 0.3 is 0 Å². The van der Waals surface area contributed by atoms with Crippen molar-refractivity contribution in [3.8, 4) is 0 Å². The van der Waals surface area contributed by atoms with Gasteiger partial charge in [0.2, 0.25) is 0 Å². The molecule has 0 atom stereocenters. The highest BCUT2D eigenvalue weighted by atomic mass is 16.2. The Hall–Kier alpha value is -5.72. The van der Waals surface area contributed by atoms with E-state index in [2.05, 4.69) is 20.0 Å². The van der Waals surface area contributed by atoms with Gasteiger partial charge in [-0.15, -0.1) is 0 Å². The minimum absolute atomic E-state index is 0.0431. The summed E-state index contributed by atoms with van der Waals surface area (Å²) in [6.45, 7) is 35.4. The monoisotopic (exact) mass is 1260 g/mol. The number of aliphatic imine (C=N–C) groups is 4. The van der Waals surface area contributed by atoms with Gasteiger partial charge in [0.25, 0.3) is 0 Å². The third-order valence-corrected chi connectivity index (χ3v) is 12.2. The second-order valence-corrected chi connectivity index (χ2v) is 23.6. The zero-order chi connectivity index (χ0) is 70.2. The highest BCUT2D eigenvalue weighted by Crippen LogP contribution is 2.08. The van der Waals surface area contributed by atoms with Crippen LogP contribution in [0.3, 0.4) is 0 Å². The average molecular weight is 1260 g/mol. The van der Waals surface area contributed by atoms with E-state index in [0.29, 0.717) is 120 Å². The quantitative estimate of drug-likeness (QED) is 0.0179. The average Bonchev–Trinajstić information content (AvgIpc) is 3.43. The molecule has 0 amide bonds. The number of hydrogen-bond acceptors (Lipinski definition) is 16. The van der Waals surface area contributed by atoms with Crippen molar-refractivity contribution >= 4 is 70.1 Å². The predicted octanol–water partition coefficient (Wildman–Crippen LogP) is 6.42. The number of carbonyl (C=O) groups is 8. The smallest absolute Gasteiger partial charge is 0.185 e. The van der Waals surface area contributed by atoms with Crippen LogP contribution in [-0.2, 0) is 38.4 Å². The van der Waals surface area contributed by atoms with Crippen LogP contribution in [0.15, 0.2) is 20.0 Å². The molecule has 0 unspecified atom stereocenters. The van der Waals surface area contributed by atoms with E-state index >= 15 is 0 Å². The van der Waals surface area contributed by atoms with E-state index < -0.39 is 0 Å². The van der Waals surface area contributed by atoms with Gasteiger partial charge in [-0.2, -0.15) is 0 Å². The van der Waals surface area contributed by atoms with Crippen molar-refractivity contribution < 1.29 is 38.4 Å². The molecule has 24 nitrogen and oxygen atoms in total. The van der Waals surface area contributed by atoms with Gasteiger partial charge in [-0.05, 0) is 90.4 Å². The third-order valence-electron chi connectivity index (χ3n) is 12.2. The summed E-state index contributed by atoms with van der Waals surface area (Å²) >= 11 is 0. The number of nitrogens with zero attached hydrogens (tertiary/aromatic N) is 4. The van der Waals surface area contributed by atoms with Gasteiger partial charge < -0.3 is 68.8 Å². The first-order valence-electron chi connectivity index (χ1n) is 32.1. The zero-order valence-corrected chi connectivity index (χ0v) is 58.4. The Balaban J connectivity index is -0.000000139. The Labute approximate surface area is 534 Å². The fraction of sp³-hybridized carbons (Fsp3) is 0.812. The number of nitrogens with two attached hydrogens (primary N) is 12. The lowest BCUT2D eigenvalue weighted by molar-refractivity contribution is -0.122. The maximum Gasteiger partial charge on any atom is 0.185 e. The maximum absolute atomic E-state index is 11.2. The van der Waals surface area contributed by atoms with Crippen molar-refractivity contribution in [2.45, 2.75) is 239 Å². The molecule has 0 rings (SSSR count). The number of ketones is 8. The molecule has 0 spiro atoms. The van der Waals surface area contributed by atoms with E-state index in [1.165, 1.54) is 0 Å². The lowest BCUT2D eigenvalue weighted by Gasteiger charge is -2.02. The van der Waals surface area contributed by atoms with Crippen LogP contribution in [0, 0.1) is 47.3 Å². The van der Waals surface area contributed by atoms with Crippen molar-refractivity contribution in [1.82, 2.24) is 0 Å². The van der Waals surface area contributed by atoms with Gasteiger partial charge in [0.15, 0.2) is 23.8 Å².